The van der Waals surface area contributed by atoms with Gasteiger partial charge in [-0.3, -0.25) is 9.59 Å². The average molecular weight is 364 g/mol. The van der Waals surface area contributed by atoms with Crippen molar-refractivity contribution in [1.29, 1.82) is 0 Å². The van der Waals surface area contributed by atoms with Crippen LogP contribution in [0.2, 0.25) is 0 Å². The highest BCUT2D eigenvalue weighted by atomic mass is 16.5. The summed E-state index contributed by atoms with van der Waals surface area (Å²) in [7, 11) is 0. The van der Waals surface area contributed by atoms with Gasteiger partial charge in [-0.1, -0.05) is 30.3 Å². The fourth-order valence-corrected chi connectivity index (χ4v) is 3.87. The van der Waals surface area contributed by atoms with Gasteiger partial charge in [0.1, 0.15) is 5.75 Å². The number of carbonyl (C=O) groups is 2. The molecule has 0 spiro atoms. The van der Waals surface area contributed by atoms with E-state index < -0.39 is 0 Å². The van der Waals surface area contributed by atoms with E-state index in [-0.39, 0.29) is 24.0 Å². The largest absolute Gasteiger partial charge is 0.484 e. The molecule has 1 saturated heterocycles. The van der Waals surface area contributed by atoms with Crippen LogP contribution in [0.4, 0.5) is 5.69 Å². The first-order valence-corrected chi connectivity index (χ1v) is 9.56. The van der Waals surface area contributed by atoms with Gasteiger partial charge < -0.3 is 15.0 Å². The van der Waals surface area contributed by atoms with Gasteiger partial charge >= 0.3 is 0 Å². The molecule has 5 nitrogen and oxygen atoms in total. The van der Waals surface area contributed by atoms with Crippen molar-refractivity contribution in [3.63, 3.8) is 0 Å². The summed E-state index contributed by atoms with van der Waals surface area (Å²) in [6.45, 7) is 0.750. The number of benzene rings is 2. The Hall–Kier alpha value is -2.82. The van der Waals surface area contributed by atoms with Crippen molar-refractivity contribution in [2.45, 2.75) is 37.6 Å². The van der Waals surface area contributed by atoms with Crippen LogP contribution in [0.3, 0.4) is 0 Å². The van der Waals surface area contributed by atoms with Crippen LogP contribution in [-0.2, 0) is 15.1 Å². The summed E-state index contributed by atoms with van der Waals surface area (Å²) in [5.74, 6) is 0.676. The van der Waals surface area contributed by atoms with Gasteiger partial charge in [0.05, 0.1) is 5.54 Å². The fraction of sp³-hybridized carbons (Fsp3) is 0.364. The molecular weight excluding hydrogens is 340 g/mol. The van der Waals surface area contributed by atoms with Gasteiger partial charge in [-0.15, -0.1) is 0 Å². The van der Waals surface area contributed by atoms with E-state index in [1.807, 2.05) is 42.5 Å². The molecular formula is C22H24N2O3. The topological polar surface area (TPSA) is 58.6 Å². The molecule has 1 heterocycles. The predicted molar refractivity (Wildman–Crippen MR) is 104 cm³/mol. The molecule has 1 N–H and O–H groups in total. The highest BCUT2D eigenvalue weighted by Crippen LogP contribution is 2.41. The SMILES string of the molecule is O=C(COc1ccc(N2CCCC2=O)cc1)NC1(c2ccccc2)CCC1. The standard InChI is InChI=1S/C22H24N2O3/c25-20(23-22(13-5-14-22)17-6-2-1-3-7-17)16-27-19-11-9-18(10-12-19)24-15-4-8-21(24)26/h1-3,6-7,9-12H,4-5,8,13-16H2,(H,23,25). The number of hydrogen-bond acceptors (Lipinski definition) is 3. The molecule has 2 aromatic carbocycles. The Kier molecular flexibility index (Phi) is 4.84. The number of nitrogens with one attached hydrogen (secondary N) is 1. The Morgan fingerprint density at radius 3 is 2.37 bits per heavy atom. The molecule has 1 saturated carbocycles. The highest BCUT2D eigenvalue weighted by molar-refractivity contribution is 5.95. The van der Waals surface area contributed by atoms with Gasteiger partial charge in [0.25, 0.3) is 5.91 Å². The summed E-state index contributed by atoms with van der Waals surface area (Å²) in [5.41, 5.74) is 1.79. The molecule has 140 valence electrons. The number of amides is 2. The maximum Gasteiger partial charge on any atom is 0.258 e. The fourth-order valence-electron chi connectivity index (χ4n) is 3.87. The van der Waals surface area contributed by atoms with Gasteiger partial charge in [-0.25, -0.2) is 0 Å². The van der Waals surface area contributed by atoms with E-state index in [2.05, 4.69) is 17.4 Å². The summed E-state index contributed by atoms with van der Waals surface area (Å²) in [5, 5.41) is 3.16. The lowest BCUT2D eigenvalue weighted by Gasteiger charge is -2.43. The molecule has 2 aromatic rings. The van der Waals surface area contributed by atoms with Crippen LogP contribution in [0.5, 0.6) is 5.75 Å². The predicted octanol–water partition coefficient (Wildman–Crippen LogP) is 3.39. The van der Waals surface area contributed by atoms with Crippen molar-refractivity contribution in [2.24, 2.45) is 0 Å². The zero-order valence-corrected chi connectivity index (χ0v) is 15.3. The Balaban J connectivity index is 1.33. The van der Waals surface area contributed by atoms with Gasteiger partial charge in [0, 0.05) is 18.7 Å². The first kappa shape index (κ1) is 17.6. The Labute approximate surface area is 159 Å². The van der Waals surface area contributed by atoms with E-state index in [0.717, 1.165) is 43.5 Å². The molecule has 0 unspecified atom stereocenters. The van der Waals surface area contributed by atoms with Crippen LogP contribution in [0.1, 0.15) is 37.7 Å². The minimum Gasteiger partial charge on any atom is -0.484 e. The first-order chi connectivity index (χ1) is 13.2. The van der Waals surface area contributed by atoms with E-state index in [9.17, 15) is 9.59 Å². The number of hydrogen-bond donors (Lipinski definition) is 1. The zero-order chi connectivity index (χ0) is 18.7. The van der Waals surface area contributed by atoms with E-state index in [0.29, 0.717) is 12.2 Å². The molecule has 0 atom stereocenters. The lowest BCUT2D eigenvalue weighted by molar-refractivity contribution is -0.126. The first-order valence-electron chi connectivity index (χ1n) is 9.56. The van der Waals surface area contributed by atoms with Gasteiger partial charge in [-0.05, 0) is 55.5 Å². The molecule has 0 bridgehead atoms. The molecule has 0 aromatic heterocycles. The van der Waals surface area contributed by atoms with Crippen molar-refractivity contribution in [2.75, 3.05) is 18.1 Å². The van der Waals surface area contributed by atoms with Crippen molar-refractivity contribution >= 4 is 17.5 Å². The third kappa shape index (κ3) is 3.68. The zero-order valence-electron chi connectivity index (χ0n) is 15.3. The number of rotatable bonds is 6. The van der Waals surface area contributed by atoms with E-state index in [1.165, 1.54) is 0 Å². The molecule has 1 aliphatic carbocycles. The molecule has 5 heteroatoms. The number of carbonyl (C=O) groups excluding carboxylic acids is 2. The van der Waals surface area contributed by atoms with E-state index >= 15 is 0 Å². The average Bonchev–Trinajstić information content (AvgIpc) is 3.10. The summed E-state index contributed by atoms with van der Waals surface area (Å²) in [6, 6.07) is 17.5. The molecule has 2 fully saturated rings. The molecule has 27 heavy (non-hydrogen) atoms. The maximum atomic E-state index is 12.4. The minimum atomic E-state index is -0.248. The van der Waals surface area contributed by atoms with Gasteiger partial charge in [0.15, 0.2) is 6.61 Å². The quantitative estimate of drug-likeness (QED) is 0.855. The van der Waals surface area contributed by atoms with Gasteiger partial charge in [0.2, 0.25) is 5.91 Å². The second-order valence-corrected chi connectivity index (χ2v) is 7.28. The van der Waals surface area contributed by atoms with Crippen molar-refractivity contribution in [1.82, 2.24) is 5.32 Å². The van der Waals surface area contributed by atoms with Crippen molar-refractivity contribution < 1.29 is 14.3 Å². The molecule has 2 amide bonds. The molecule has 4 rings (SSSR count). The van der Waals surface area contributed by atoms with Crippen molar-refractivity contribution in [3.05, 3.63) is 60.2 Å². The van der Waals surface area contributed by atoms with Crippen LogP contribution in [0.15, 0.2) is 54.6 Å². The van der Waals surface area contributed by atoms with E-state index in [4.69, 9.17) is 4.74 Å². The Morgan fingerprint density at radius 1 is 1.04 bits per heavy atom. The van der Waals surface area contributed by atoms with E-state index in [1.54, 1.807) is 4.90 Å². The summed E-state index contributed by atoms with van der Waals surface area (Å²) in [6.07, 6.45) is 4.55. The number of nitrogens with zero attached hydrogens (tertiary/aromatic N) is 1. The molecule has 1 aliphatic heterocycles. The van der Waals surface area contributed by atoms with Crippen LogP contribution in [0.25, 0.3) is 0 Å². The summed E-state index contributed by atoms with van der Waals surface area (Å²) >= 11 is 0. The highest BCUT2D eigenvalue weighted by Gasteiger charge is 2.39. The van der Waals surface area contributed by atoms with Crippen molar-refractivity contribution in [3.8, 4) is 5.75 Å². The van der Waals surface area contributed by atoms with Crippen LogP contribution in [-0.4, -0.2) is 25.0 Å². The third-order valence-electron chi connectivity index (χ3n) is 5.50. The molecule has 0 radical (unpaired) electrons. The second-order valence-electron chi connectivity index (χ2n) is 7.28. The number of ether oxygens (including phenoxy) is 1. The monoisotopic (exact) mass is 364 g/mol. The molecule has 2 aliphatic rings. The second kappa shape index (κ2) is 7.43. The third-order valence-corrected chi connectivity index (χ3v) is 5.50. The van der Waals surface area contributed by atoms with Crippen LogP contribution >= 0.6 is 0 Å². The number of anilines is 1. The maximum absolute atomic E-state index is 12.4. The summed E-state index contributed by atoms with van der Waals surface area (Å²) < 4.78 is 5.65. The van der Waals surface area contributed by atoms with Crippen LogP contribution < -0.4 is 15.0 Å². The lowest BCUT2D eigenvalue weighted by Crippen LogP contribution is -2.52. The summed E-state index contributed by atoms with van der Waals surface area (Å²) in [4.78, 5) is 26.0. The van der Waals surface area contributed by atoms with Gasteiger partial charge in [-0.2, -0.15) is 0 Å². The Morgan fingerprint density at radius 2 is 1.78 bits per heavy atom. The van der Waals surface area contributed by atoms with Crippen LogP contribution in [0, 0.1) is 0 Å². The Bertz CT molecular complexity index is 813. The minimum absolute atomic E-state index is 0.0173. The normalized spacial score (nSPS) is 18.1. The smallest absolute Gasteiger partial charge is 0.258 e. The lowest BCUT2D eigenvalue weighted by atomic mass is 9.72.